The van der Waals surface area contributed by atoms with Crippen LogP contribution in [0.5, 0.6) is 0 Å². The first-order chi connectivity index (χ1) is 7.22. The van der Waals surface area contributed by atoms with Crippen molar-refractivity contribution in [3.8, 4) is 0 Å². The van der Waals surface area contributed by atoms with Crippen LogP contribution in [0, 0.1) is 0 Å². The second-order valence-corrected chi connectivity index (χ2v) is 4.24. The second kappa shape index (κ2) is 4.14. The zero-order chi connectivity index (χ0) is 10.8. The van der Waals surface area contributed by atoms with Gasteiger partial charge in [-0.15, -0.1) is 0 Å². The molecule has 1 aliphatic rings. The Hall–Kier alpha value is -1.16. The number of nitrogens with zero attached hydrogens (tertiary/aromatic N) is 2. The van der Waals surface area contributed by atoms with E-state index in [2.05, 4.69) is 5.10 Å². The van der Waals surface area contributed by atoms with Crippen LogP contribution in [0.2, 0.25) is 0 Å². The van der Waals surface area contributed by atoms with E-state index in [0.717, 1.165) is 12.1 Å². The topological polar surface area (TPSA) is 60.9 Å². The van der Waals surface area contributed by atoms with Crippen molar-refractivity contribution >= 4 is 0 Å². The first-order valence-electron chi connectivity index (χ1n) is 5.52. The number of rotatable bonds is 4. The Labute approximate surface area is 89.1 Å². The Balaban J connectivity index is 2.27. The molecule has 2 N–H and O–H groups in total. The van der Waals surface area contributed by atoms with E-state index >= 15 is 0 Å². The van der Waals surface area contributed by atoms with Crippen LogP contribution in [0.3, 0.4) is 0 Å². The van der Waals surface area contributed by atoms with Gasteiger partial charge in [0.1, 0.15) is 0 Å². The zero-order valence-corrected chi connectivity index (χ0v) is 9.02. The van der Waals surface area contributed by atoms with E-state index in [1.807, 2.05) is 13.0 Å². The van der Waals surface area contributed by atoms with Gasteiger partial charge in [-0.25, -0.2) is 4.68 Å². The molecule has 4 nitrogen and oxygen atoms in total. The van der Waals surface area contributed by atoms with Crippen LogP contribution < -0.4 is 11.3 Å². The fraction of sp³-hybridized carbons (Fsp3) is 0.636. The van der Waals surface area contributed by atoms with Gasteiger partial charge in [0.05, 0.1) is 11.7 Å². The van der Waals surface area contributed by atoms with Gasteiger partial charge in [-0.05, 0) is 38.8 Å². The van der Waals surface area contributed by atoms with E-state index < -0.39 is 0 Å². The Morgan fingerprint density at radius 1 is 1.60 bits per heavy atom. The molecule has 1 aromatic rings. The van der Waals surface area contributed by atoms with Crippen LogP contribution >= 0.6 is 0 Å². The van der Waals surface area contributed by atoms with E-state index in [1.54, 1.807) is 10.7 Å². The van der Waals surface area contributed by atoms with Crippen LogP contribution in [0.1, 0.15) is 43.8 Å². The van der Waals surface area contributed by atoms with Gasteiger partial charge in [-0.1, -0.05) is 0 Å². The van der Waals surface area contributed by atoms with Gasteiger partial charge in [-0.2, -0.15) is 5.10 Å². The van der Waals surface area contributed by atoms with E-state index in [9.17, 15) is 4.79 Å². The predicted molar refractivity (Wildman–Crippen MR) is 58.9 cm³/mol. The molecule has 0 aromatic carbocycles. The molecule has 0 spiro atoms. The summed E-state index contributed by atoms with van der Waals surface area (Å²) in [4.78, 5) is 11.6. The van der Waals surface area contributed by atoms with Crippen LogP contribution in [-0.4, -0.2) is 16.3 Å². The van der Waals surface area contributed by atoms with Gasteiger partial charge in [0.15, 0.2) is 0 Å². The fourth-order valence-corrected chi connectivity index (χ4v) is 1.72. The zero-order valence-electron chi connectivity index (χ0n) is 9.02. The molecule has 2 rings (SSSR count). The summed E-state index contributed by atoms with van der Waals surface area (Å²) in [5, 5.41) is 4.40. The summed E-state index contributed by atoms with van der Waals surface area (Å²) in [6, 6.07) is 3.57. The molecule has 0 unspecified atom stereocenters. The number of hydrogen-bond donors (Lipinski definition) is 1. The standard InChI is InChI=1S/C11H17N3O/c1-8(6-7-12)14-11(15)5-4-10(13-14)9-2-3-9/h4-5,8-9H,2-3,6-7,12H2,1H3/t8-/m1/s1. The van der Waals surface area contributed by atoms with Crippen molar-refractivity contribution in [3.63, 3.8) is 0 Å². The van der Waals surface area contributed by atoms with Crippen molar-refractivity contribution in [2.45, 2.75) is 38.1 Å². The average molecular weight is 207 g/mol. The summed E-state index contributed by atoms with van der Waals surface area (Å²) >= 11 is 0. The highest BCUT2D eigenvalue weighted by Gasteiger charge is 2.25. The van der Waals surface area contributed by atoms with Crippen LogP contribution in [0.15, 0.2) is 16.9 Å². The second-order valence-electron chi connectivity index (χ2n) is 4.24. The lowest BCUT2D eigenvalue weighted by atomic mass is 10.2. The normalized spacial score (nSPS) is 17.7. The maximum absolute atomic E-state index is 11.6. The van der Waals surface area contributed by atoms with Crippen molar-refractivity contribution < 1.29 is 0 Å². The molecule has 0 aliphatic heterocycles. The Bertz CT molecular complexity index is 395. The van der Waals surface area contributed by atoms with Gasteiger partial charge in [-0.3, -0.25) is 4.79 Å². The summed E-state index contributed by atoms with van der Waals surface area (Å²) in [6.07, 6.45) is 3.20. The van der Waals surface area contributed by atoms with Gasteiger partial charge in [0.25, 0.3) is 5.56 Å². The molecule has 1 aliphatic carbocycles. The Morgan fingerprint density at radius 2 is 2.33 bits per heavy atom. The highest BCUT2D eigenvalue weighted by atomic mass is 16.1. The largest absolute Gasteiger partial charge is 0.330 e. The molecule has 0 amide bonds. The quantitative estimate of drug-likeness (QED) is 0.802. The number of hydrogen-bond acceptors (Lipinski definition) is 3. The van der Waals surface area contributed by atoms with Crippen molar-refractivity contribution in [2.75, 3.05) is 6.54 Å². The smallest absolute Gasteiger partial charge is 0.266 e. The van der Waals surface area contributed by atoms with Gasteiger partial charge >= 0.3 is 0 Å². The van der Waals surface area contributed by atoms with Crippen molar-refractivity contribution in [1.29, 1.82) is 0 Å². The summed E-state index contributed by atoms with van der Waals surface area (Å²) in [7, 11) is 0. The molecule has 0 radical (unpaired) electrons. The Kier molecular flexibility index (Phi) is 2.86. The average Bonchev–Trinajstić information content (AvgIpc) is 3.02. The first kappa shape index (κ1) is 10.4. The highest BCUT2D eigenvalue weighted by Crippen LogP contribution is 2.38. The third kappa shape index (κ3) is 2.26. The van der Waals surface area contributed by atoms with Crippen molar-refractivity contribution in [1.82, 2.24) is 9.78 Å². The Morgan fingerprint density at radius 3 is 2.93 bits per heavy atom. The molecule has 82 valence electrons. The van der Waals surface area contributed by atoms with E-state index in [-0.39, 0.29) is 11.6 Å². The van der Waals surface area contributed by atoms with Gasteiger partial charge in [0.2, 0.25) is 0 Å². The lowest BCUT2D eigenvalue weighted by Gasteiger charge is -2.13. The highest BCUT2D eigenvalue weighted by molar-refractivity contribution is 5.12. The fourth-order valence-electron chi connectivity index (χ4n) is 1.72. The van der Waals surface area contributed by atoms with E-state index in [4.69, 9.17) is 5.73 Å². The minimum Gasteiger partial charge on any atom is -0.330 e. The molecular formula is C11H17N3O. The van der Waals surface area contributed by atoms with Gasteiger partial charge < -0.3 is 5.73 Å². The predicted octanol–water partition coefficient (Wildman–Crippen LogP) is 1.03. The first-order valence-corrected chi connectivity index (χ1v) is 5.52. The molecule has 4 heteroatoms. The summed E-state index contributed by atoms with van der Waals surface area (Å²) in [5.41, 5.74) is 6.51. The molecule has 0 saturated heterocycles. The SMILES string of the molecule is C[C@H](CCN)n1nc(C2CC2)ccc1=O. The number of nitrogens with two attached hydrogens (primary N) is 1. The van der Waals surface area contributed by atoms with Crippen LogP contribution in [0.4, 0.5) is 0 Å². The van der Waals surface area contributed by atoms with E-state index in [1.165, 1.54) is 12.8 Å². The molecule has 1 heterocycles. The van der Waals surface area contributed by atoms with Crippen LogP contribution in [0.25, 0.3) is 0 Å². The lowest BCUT2D eigenvalue weighted by Crippen LogP contribution is -2.27. The maximum Gasteiger partial charge on any atom is 0.266 e. The van der Waals surface area contributed by atoms with Crippen molar-refractivity contribution in [2.24, 2.45) is 5.73 Å². The summed E-state index contributed by atoms with van der Waals surface area (Å²) in [6.45, 7) is 2.57. The van der Waals surface area contributed by atoms with Crippen molar-refractivity contribution in [3.05, 3.63) is 28.2 Å². The minimum absolute atomic E-state index is 0.0275. The molecule has 0 bridgehead atoms. The van der Waals surface area contributed by atoms with Gasteiger partial charge in [0, 0.05) is 12.0 Å². The molecule has 1 saturated carbocycles. The van der Waals surface area contributed by atoms with Crippen LogP contribution in [-0.2, 0) is 0 Å². The number of aromatic nitrogens is 2. The molecule has 1 fully saturated rings. The minimum atomic E-state index is -0.0275. The third-order valence-corrected chi connectivity index (χ3v) is 2.84. The summed E-state index contributed by atoms with van der Waals surface area (Å²) < 4.78 is 1.57. The van der Waals surface area contributed by atoms with E-state index in [0.29, 0.717) is 12.5 Å². The molecule has 15 heavy (non-hydrogen) atoms. The molecular weight excluding hydrogens is 190 g/mol. The maximum atomic E-state index is 11.6. The summed E-state index contributed by atoms with van der Waals surface area (Å²) in [5.74, 6) is 0.585. The monoisotopic (exact) mass is 207 g/mol. The third-order valence-electron chi connectivity index (χ3n) is 2.84. The lowest BCUT2D eigenvalue weighted by molar-refractivity contribution is 0.437. The molecule has 1 aromatic heterocycles. The molecule has 1 atom stereocenters.